The smallest absolute Gasteiger partial charge is 0.254 e. The van der Waals surface area contributed by atoms with Crippen LogP contribution in [0.5, 0.6) is 5.75 Å². The molecule has 0 fully saturated rings. The number of hydrogen-bond donors (Lipinski definition) is 0. The van der Waals surface area contributed by atoms with Crippen molar-refractivity contribution in [2.24, 2.45) is 0 Å². The average Bonchev–Trinajstić information content (AvgIpc) is 2.96. The van der Waals surface area contributed by atoms with Crippen LogP contribution in [0.3, 0.4) is 0 Å². The number of aryl methyl sites for hydroxylation is 1. The van der Waals surface area contributed by atoms with E-state index in [1.807, 2.05) is 16.7 Å². The normalized spacial score (nSPS) is 16.2. The van der Waals surface area contributed by atoms with Gasteiger partial charge in [-0.2, -0.15) is 0 Å². The standard InChI is InChI=1S/C22H24N4O2/c1-28-18-9-6-16(7-10-18)5-8-17-4-2-3-13-26-21(27)14-20(25-22(17)26)19-11-12-23-15-24-19/h6-7,9-12,14-15,17H,2-5,8,13H2,1H3. The molecule has 6 heteroatoms. The Morgan fingerprint density at radius 3 is 2.75 bits per heavy atom. The number of ether oxygens (including phenoxy) is 1. The van der Waals surface area contributed by atoms with Crippen molar-refractivity contribution in [3.63, 3.8) is 0 Å². The quantitative estimate of drug-likeness (QED) is 0.680. The second kappa shape index (κ2) is 8.33. The molecule has 4 rings (SSSR count). The highest BCUT2D eigenvalue weighted by molar-refractivity contribution is 5.52. The lowest BCUT2D eigenvalue weighted by atomic mass is 9.94. The van der Waals surface area contributed by atoms with Crippen molar-refractivity contribution in [3.05, 3.63) is 70.7 Å². The van der Waals surface area contributed by atoms with Gasteiger partial charge in [0.2, 0.25) is 0 Å². The van der Waals surface area contributed by atoms with Crippen molar-refractivity contribution >= 4 is 0 Å². The van der Waals surface area contributed by atoms with Gasteiger partial charge < -0.3 is 4.74 Å². The third-order valence-electron chi connectivity index (χ3n) is 5.37. The van der Waals surface area contributed by atoms with E-state index < -0.39 is 0 Å². The van der Waals surface area contributed by atoms with Gasteiger partial charge in [0.05, 0.1) is 18.5 Å². The first-order valence-corrected chi connectivity index (χ1v) is 9.75. The summed E-state index contributed by atoms with van der Waals surface area (Å²) in [6.07, 6.45) is 8.25. The Bertz CT molecular complexity index is 984. The van der Waals surface area contributed by atoms with E-state index in [-0.39, 0.29) is 11.5 Å². The Morgan fingerprint density at radius 2 is 2.00 bits per heavy atom. The lowest BCUT2D eigenvalue weighted by Crippen LogP contribution is -2.25. The summed E-state index contributed by atoms with van der Waals surface area (Å²) in [5.74, 6) is 2.03. The van der Waals surface area contributed by atoms with Gasteiger partial charge in [-0.25, -0.2) is 15.0 Å². The van der Waals surface area contributed by atoms with Crippen LogP contribution in [0.25, 0.3) is 11.4 Å². The summed E-state index contributed by atoms with van der Waals surface area (Å²) in [4.78, 5) is 25.9. The van der Waals surface area contributed by atoms with E-state index >= 15 is 0 Å². The average molecular weight is 376 g/mol. The largest absolute Gasteiger partial charge is 0.497 e. The van der Waals surface area contributed by atoms with Crippen molar-refractivity contribution in [2.75, 3.05) is 7.11 Å². The maximum Gasteiger partial charge on any atom is 0.254 e. The molecule has 0 aliphatic carbocycles. The lowest BCUT2D eigenvalue weighted by molar-refractivity contribution is 0.414. The van der Waals surface area contributed by atoms with Crippen LogP contribution in [-0.4, -0.2) is 26.6 Å². The first-order valence-electron chi connectivity index (χ1n) is 9.75. The van der Waals surface area contributed by atoms with Crippen molar-refractivity contribution in [2.45, 2.75) is 44.6 Å². The van der Waals surface area contributed by atoms with Gasteiger partial charge in [-0.1, -0.05) is 18.6 Å². The van der Waals surface area contributed by atoms with Crippen molar-refractivity contribution in [1.82, 2.24) is 19.5 Å². The highest BCUT2D eigenvalue weighted by atomic mass is 16.5. The number of benzene rings is 1. The van der Waals surface area contributed by atoms with Crippen LogP contribution in [0, 0.1) is 0 Å². The zero-order valence-corrected chi connectivity index (χ0v) is 16.0. The molecule has 1 aliphatic rings. The number of aromatic nitrogens is 4. The topological polar surface area (TPSA) is 69.9 Å². The second-order valence-corrected chi connectivity index (χ2v) is 7.16. The molecular formula is C22H24N4O2. The summed E-state index contributed by atoms with van der Waals surface area (Å²) < 4.78 is 7.09. The molecule has 0 saturated heterocycles. The second-order valence-electron chi connectivity index (χ2n) is 7.16. The van der Waals surface area contributed by atoms with Crippen LogP contribution in [0.4, 0.5) is 0 Å². The fourth-order valence-corrected chi connectivity index (χ4v) is 3.83. The molecule has 0 radical (unpaired) electrons. The molecule has 1 unspecified atom stereocenters. The van der Waals surface area contributed by atoms with E-state index in [4.69, 9.17) is 9.72 Å². The molecule has 0 amide bonds. The lowest BCUT2D eigenvalue weighted by Gasteiger charge is -2.18. The van der Waals surface area contributed by atoms with E-state index in [9.17, 15) is 4.79 Å². The Balaban J connectivity index is 1.62. The monoisotopic (exact) mass is 376 g/mol. The minimum Gasteiger partial charge on any atom is -0.497 e. The zero-order chi connectivity index (χ0) is 19.3. The summed E-state index contributed by atoms with van der Waals surface area (Å²) >= 11 is 0. The molecule has 28 heavy (non-hydrogen) atoms. The van der Waals surface area contributed by atoms with Crippen LogP contribution >= 0.6 is 0 Å². The SMILES string of the molecule is COc1ccc(CCC2CCCCn3c2nc(-c2ccncn2)cc3=O)cc1. The van der Waals surface area contributed by atoms with Gasteiger partial charge in [0.25, 0.3) is 5.56 Å². The van der Waals surface area contributed by atoms with Crippen molar-refractivity contribution < 1.29 is 4.74 Å². The minimum absolute atomic E-state index is 0.00922. The molecule has 0 N–H and O–H groups in total. The van der Waals surface area contributed by atoms with Crippen LogP contribution in [-0.2, 0) is 13.0 Å². The molecule has 6 nitrogen and oxygen atoms in total. The molecular weight excluding hydrogens is 352 g/mol. The fraction of sp³-hybridized carbons (Fsp3) is 0.364. The minimum atomic E-state index is 0.00922. The highest BCUT2D eigenvalue weighted by Crippen LogP contribution is 2.30. The summed E-state index contributed by atoms with van der Waals surface area (Å²) in [7, 11) is 1.68. The number of nitrogens with zero attached hydrogens (tertiary/aromatic N) is 4. The molecule has 0 saturated carbocycles. The van der Waals surface area contributed by atoms with Gasteiger partial charge in [0.1, 0.15) is 17.9 Å². The Hall–Kier alpha value is -3.02. The summed E-state index contributed by atoms with van der Waals surface area (Å²) in [6.45, 7) is 0.740. The molecule has 3 aromatic rings. The van der Waals surface area contributed by atoms with Gasteiger partial charge in [-0.3, -0.25) is 9.36 Å². The Kier molecular flexibility index (Phi) is 5.46. The van der Waals surface area contributed by atoms with Crippen LogP contribution in [0.1, 0.15) is 43.0 Å². The molecule has 3 heterocycles. The molecule has 1 atom stereocenters. The van der Waals surface area contributed by atoms with Crippen LogP contribution in [0.15, 0.2) is 53.7 Å². The van der Waals surface area contributed by atoms with Crippen molar-refractivity contribution in [1.29, 1.82) is 0 Å². The first kappa shape index (κ1) is 18.3. The summed E-state index contributed by atoms with van der Waals surface area (Å²) in [6, 6.07) is 11.6. The van der Waals surface area contributed by atoms with E-state index in [1.54, 1.807) is 25.4 Å². The summed E-state index contributed by atoms with van der Waals surface area (Å²) in [5, 5.41) is 0. The molecule has 144 valence electrons. The first-order chi connectivity index (χ1) is 13.7. The van der Waals surface area contributed by atoms with Gasteiger partial charge in [-0.15, -0.1) is 0 Å². The van der Waals surface area contributed by atoms with Crippen molar-refractivity contribution in [3.8, 4) is 17.1 Å². The number of rotatable bonds is 5. The van der Waals surface area contributed by atoms with E-state index in [2.05, 4.69) is 22.1 Å². The third-order valence-corrected chi connectivity index (χ3v) is 5.37. The molecule has 2 aromatic heterocycles. The summed E-state index contributed by atoms with van der Waals surface area (Å²) in [5.41, 5.74) is 2.60. The zero-order valence-electron chi connectivity index (χ0n) is 16.0. The predicted molar refractivity (Wildman–Crippen MR) is 107 cm³/mol. The number of hydrogen-bond acceptors (Lipinski definition) is 5. The van der Waals surface area contributed by atoms with Gasteiger partial charge >= 0.3 is 0 Å². The van der Waals surface area contributed by atoms with Gasteiger partial charge in [0.15, 0.2) is 0 Å². The molecule has 1 aromatic carbocycles. The Morgan fingerprint density at radius 1 is 1.14 bits per heavy atom. The Labute approximate surface area is 164 Å². The maximum atomic E-state index is 12.8. The predicted octanol–water partition coefficient (Wildman–Crippen LogP) is 3.61. The molecule has 0 bridgehead atoms. The van der Waals surface area contributed by atoms with E-state index in [0.29, 0.717) is 11.4 Å². The molecule has 0 spiro atoms. The number of fused-ring (bicyclic) bond motifs is 1. The van der Waals surface area contributed by atoms with E-state index in [1.165, 1.54) is 11.9 Å². The maximum absolute atomic E-state index is 12.8. The van der Waals surface area contributed by atoms with E-state index in [0.717, 1.165) is 50.2 Å². The van der Waals surface area contributed by atoms with Crippen LogP contribution in [0.2, 0.25) is 0 Å². The van der Waals surface area contributed by atoms with Gasteiger partial charge in [0, 0.05) is 24.7 Å². The highest BCUT2D eigenvalue weighted by Gasteiger charge is 2.22. The van der Waals surface area contributed by atoms with Crippen LogP contribution < -0.4 is 10.3 Å². The van der Waals surface area contributed by atoms with Gasteiger partial charge in [-0.05, 0) is 49.4 Å². The third kappa shape index (κ3) is 3.96. The molecule has 1 aliphatic heterocycles. The fourth-order valence-electron chi connectivity index (χ4n) is 3.83. The number of methoxy groups -OCH3 is 1.